The molecular formula is C8H16NOP. The minimum absolute atomic E-state index is 0.162. The molecule has 0 aromatic carbocycles. The van der Waals surface area contributed by atoms with Crippen molar-refractivity contribution in [1.29, 1.82) is 0 Å². The Bertz CT molecular complexity index is 167. The number of ketones is 1. The van der Waals surface area contributed by atoms with E-state index < -0.39 is 0 Å². The van der Waals surface area contributed by atoms with Crippen molar-refractivity contribution in [2.24, 2.45) is 5.41 Å². The molecule has 0 spiro atoms. The lowest BCUT2D eigenvalue weighted by Gasteiger charge is -2.25. The average Bonchev–Trinajstić information content (AvgIpc) is 1.89. The molecule has 0 bridgehead atoms. The van der Waals surface area contributed by atoms with Crippen molar-refractivity contribution in [2.75, 3.05) is 13.1 Å². The van der Waals surface area contributed by atoms with Gasteiger partial charge in [0.2, 0.25) is 0 Å². The van der Waals surface area contributed by atoms with E-state index in [1.807, 2.05) is 0 Å². The molecule has 0 aromatic heterocycles. The topological polar surface area (TPSA) is 20.3 Å². The first kappa shape index (κ1) is 9.15. The van der Waals surface area contributed by atoms with Gasteiger partial charge < -0.3 is 0 Å². The molecule has 0 amide bonds. The molecular weight excluding hydrogens is 157 g/mol. The molecule has 0 radical (unpaired) electrons. The molecule has 1 unspecified atom stereocenters. The van der Waals surface area contributed by atoms with Crippen LogP contribution in [0.4, 0.5) is 0 Å². The van der Waals surface area contributed by atoms with Gasteiger partial charge in [-0.15, -0.1) is 0 Å². The number of rotatable bonds is 0. The fourth-order valence-electron chi connectivity index (χ4n) is 1.58. The average molecular weight is 173 g/mol. The summed E-state index contributed by atoms with van der Waals surface area (Å²) in [5.74, 6) is 0.403. The Kier molecular flexibility index (Phi) is 2.66. The molecule has 64 valence electrons. The molecule has 1 rings (SSSR count). The van der Waals surface area contributed by atoms with E-state index in [-0.39, 0.29) is 5.41 Å². The lowest BCUT2D eigenvalue weighted by atomic mass is 9.88. The van der Waals surface area contributed by atoms with E-state index in [1.165, 1.54) is 0 Å². The summed E-state index contributed by atoms with van der Waals surface area (Å²) in [6, 6.07) is 0. The largest absolute Gasteiger partial charge is 0.300 e. The van der Waals surface area contributed by atoms with Crippen molar-refractivity contribution < 1.29 is 4.79 Å². The molecule has 2 nitrogen and oxygen atoms in total. The Morgan fingerprint density at radius 1 is 1.55 bits per heavy atom. The predicted molar refractivity (Wildman–Crippen MR) is 49.3 cm³/mol. The van der Waals surface area contributed by atoms with Gasteiger partial charge in [0.25, 0.3) is 0 Å². The van der Waals surface area contributed by atoms with Gasteiger partial charge in [-0.2, -0.15) is 0 Å². The molecule has 1 saturated heterocycles. The molecule has 1 heterocycles. The summed E-state index contributed by atoms with van der Waals surface area (Å²) in [6.45, 7) is 6.19. The monoisotopic (exact) mass is 173 g/mol. The van der Waals surface area contributed by atoms with Crippen LogP contribution in [0.1, 0.15) is 26.7 Å². The summed E-state index contributed by atoms with van der Waals surface area (Å²) in [4.78, 5) is 11.2. The maximum atomic E-state index is 11.2. The van der Waals surface area contributed by atoms with Crippen LogP contribution < -0.4 is 0 Å². The van der Waals surface area contributed by atoms with Crippen molar-refractivity contribution in [2.45, 2.75) is 26.7 Å². The van der Waals surface area contributed by atoms with Crippen molar-refractivity contribution >= 4 is 15.2 Å². The number of carbonyl (C=O) groups is 1. The van der Waals surface area contributed by atoms with Gasteiger partial charge in [-0.3, -0.25) is 9.46 Å². The zero-order chi connectivity index (χ0) is 8.48. The lowest BCUT2D eigenvalue weighted by Crippen LogP contribution is -2.25. The van der Waals surface area contributed by atoms with E-state index >= 15 is 0 Å². The Labute approximate surface area is 70.6 Å². The van der Waals surface area contributed by atoms with Crippen LogP contribution in [0.3, 0.4) is 0 Å². The van der Waals surface area contributed by atoms with Crippen LogP contribution in [0, 0.1) is 5.41 Å². The molecule has 0 saturated carbocycles. The molecule has 3 heteroatoms. The molecule has 11 heavy (non-hydrogen) atoms. The summed E-state index contributed by atoms with van der Waals surface area (Å²) in [7, 11) is 2.68. The molecule has 0 aromatic rings. The number of hydrogen-bond acceptors (Lipinski definition) is 2. The Hall–Kier alpha value is 0.0600. The SMILES string of the molecule is CC1(C)CC(=O)CCN(P)C1. The van der Waals surface area contributed by atoms with Crippen LogP contribution >= 0.6 is 9.39 Å². The molecule has 0 aliphatic carbocycles. The maximum Gasteiger partial charge on any atom is 0.134 e. The second-order valence-electron chi connectivity index (χ2n) is 4.10. The quantitative estimate of drug-likeness (QED) is 0.517. The highest BCUT2D eigenvalue weighted by Crippen LogP contribution is 2.27. The summed E-state index contributed by atoms with van der Waals surface area (Å²) in [6.07, 6.45) is 1.45. The first-order valence-corrected chi connectivity index (χ1v) is 4.53. The van der Waals surface area contributed by atoms with Crippen LogP contribution in [0.5, 0.6) is 0 Å². The predicted octanol–water partition coefficient (Wildman–Crippen LogP) is 1.47. The van der Waals surface area contributed by atoms with Crippen LogP contribution in [0.2, 0.25) is 0 Å². The maximum absolute atomic E-state index is 11.2. The van der Waals surface area contributed by atoms with Crippen molar-refractivity contribution in [1.82, 2.24) is 4.67 Å². The Balaban J connectivity index is 2.63. The Morgan fingerprint density at radius 3 is 2.82 bits per heavy atom. The van der Waals surface area contributed by atoms with Gasteiger partial charge in [0, 0.05) is 25.9 Å². The highest BCUT2D eigenvalue weighted by molar-refractivity contribution is 7.13. The van der Waals surface area contributed by atoms with Gasteiger partial charge in [-0.05, 0) is 5.41 Å². The molecule has 1 atom stereocenters. The lowest BCUT2D eigenvalue weighted by molar-refractivity contribution is -0.120. The first-order chi connectivity index (χ1) is 4.99. The third-order valence-electron chi connectivity index (χ3n) is 1.98. The Morgan fingerprint density at radius 2 is 2.18 bits per heavy atom. The normalized spacial score (nSPS) is 26.6. The minimum Gasteiger partial charge on any atom is -0.300 e. The minimum atomic E-state index is 0.162. The van der Waals surface area contributed by atoms with Crippen LogP contribution in [0.25, 0.3) is 0 Å². The number of Topliss-reactive ketones (excluding diaryl/α,β-unsaturated/α-hetero) is 1. The highest BCUT2D eigenvalue weighted by Gasteiger charge is 2.26. The summed E-state index contributed by atoms with van der Waals surface area (Å²) < 4.78 is 2.16. The van der Waals surface area contributed by atoms with Gasteiger partial charge in [0.15, 0.2) is 0 Å². The van der Waals surface area contributed by atoms with Gasteiger partial charge >= 0.3 is 0 Å². The van der Waals surface area contributed by atoms with E-state index in [9.17, 15) is 4.79 Å². The van der Waals surface area contributed by atoms with Gasteiger partial charge in [-0.25, -0.2) is 0 Å². The summed E-state index contributed by atoms with van der Waals surface area (Å²) in [5.41, 5.74) is 0.162. The van der Waals surface area contributed by atoms with Crippen molar-refractivity contribution in [3.05, 3.63) is 0 Å². The summed E-state index contributed by atoms with van der Waals surface area (Å²) >= 11 is 0. The fraction of sp³-hybridized carbons (Fsp3) is 0.875. The van der Waals surface area contributed by atoms with E-state index in [0.717, 1.165) is 19.5 Å². The third-order valence-corrected chi connectivity index (χ3v) is 2.43. The van der Waals surface area contributed by atoms with E-state index in [2.05, 4.69) is 27.9 Å². The van der Waals surface area contributed by atoms with Crippen molar-refractivity contribution in [3.63, 3.8) is 0 Å². The molecule has 1 fully saturated rings. The zero-order valence-corrected chi connectivity index (χ0v) is 8.42. The first-order valence-electron chi connectivity index (χ1n) is 4.01. The van der Waals surface area contributed by atoms with Gasteiger partial charge in [-0.1, -0.05) is 23.2 Å². The highest BCUT2D eigenvalue weighted by atomic mass is 31.0. The van der Waals surface area contributed by atoms with Crippen LogP contribution in [0.15, 0.2) is 0 Å². The smallest absolute Gasteiger partial charge is 0.134 e. The van der Waals surface area contributed by atoms with Crippen LogP contribution in [-0.4, -0.2) is 23.5 Å². The number of nitrogens with zero attached hydrogens (tertiary/aromatic N) is 1. The van der Waals surface area contributed by atoms with E-state index in [1.54, 1.807) is 0 Å². The van der Waals surface area contributed by atoms with E-state index in [4.69, 9.17) is 0 Å². The van der Waals surface area contributed by atoms with Crippen molar-refractivity contribution in [3.8, 4) is 0 Å². The van der Waals surface area contributed by atoms with Gasteiger partial charge in [0.1, 0.15) is 5.78 Å². The van der Waals surface area contributed by atoms with Gasteiger partial charge in [0.05, 0.1) is 0 Å². The molecule has 0 N–H and O–H groups in total. The number of hydrogen-bond donors (Lipinski definition) is 0. The molecule has 1 aliphatic heterocycles. The van der Waals surface area contributed by atoms with Crippen LogP contribution in [-0.2, 0) is 4.79 Å². The third kappa shape index (κ3) is 2.88. The zero-order valence-electron chi connectivity index (χ0n) is 7.26. The standard InChI is InChI=1S/C8H16NOP/c1-8(2)5-7(10)3-4-9(11)6-8/h3-6,11H2,1-2H3. The number of carbonyl (C=O) groups excluding carboxylic acids is 1. The summed E-state index contributed by atoms with van der Waals surface area (Å²) in [5, 5.41) is 0. The molecule has 1 aliphatic rings. The fourth-order valence-corrected chi connectivity index (χ4v) is 2.20. The van der Waals surface area contributed by atoms with E-state index in [0.29, 0.717) is 12.2 Å². The second-order valence-corrected chi connectivity index (χ2v) is 4.83. The second kappa shape index (κ2) is 3.20.